The summed E-state index contributed by atoms with van der Waals surface area (Å²) in [5.41, 5.74) is 1.75. The van der Waals surface area contributed by atoms with Crippen LogP contribution in [0.15, 0.2) is 46.9 Å². The van der Waals surface area contributed by atoms with Crippen LogP contribution in [0, 0.1) is 0 Å². The van der Waals surface area contributed by atoms with Crippen molar-refractivity contribution in [1.82, 2.24) is 10.2 Å². The molecule has 8 heteroatoms. The molecule has 2 N–H and O–H groups in total. The molecule has 176 valence electrons. The van der Waals surface area contributed by atoms with Crippen LogP contribution in [-0.4, -0.2) is 41.5 Å². The number of hydrogen-bond acceptors (Lipinski definition) is 4. The van der Waals surface area contributed by atoms with Crippen molar-refractivity contribution < 1.29 is 14.3 Å². The van der Waals surface area contributed by atoms with E-state index in [9.17, 15) is 9.59 Å². The minimum absolute atomic E-state index is 0.0598. The van der Waals surface area contributed by atoms with E-state index in [1.165, 1.54) is 12.8 Å². The van der Waals surface area contributed by atoms with Gasteiger partial charge in [-0.25, -0.2) is 0 Å². The Bertz CT molecular complexity index is 973. The third kappa shape index (κ3) is 7.54. The lowest BCUT2D eigenvalue weighted by Crippen LogP contribution is -2.34. The first-order valence-corrected chi connectivity index (χ1v) is 12.6. The van der Waals surface area contributed by atoms with Gasteiger partial charge in [-0.05, 0) is 73.9 Å². The fraction of sp³-hybridized carbons (Fsp3) is 0.400. The van der Waals surface area contributed by atoms with Gasteiger partial charge in [-0.2, -0.15) is 0 Å². The van der Waals surface area contributed by atoms with E-state index in [1.54, 1.807) is 36.4 Å². The number of halogens is 1. The molecule has 2 amide bonds. The monoisotopic (exact) mass is 531 g/mol. The molecule has 0 aliphatic carbocycles. The first-order valence-electron chi connectivity index (χ1n) is 11.4. The summed E-state index contributed by atoms with van der Waals surface area (Å²) in [6.07, 6.45) is 6.40. The molecule has 2 aromatic rings. The number of carbonyl (C=O) groups excluding carboxylic acids is 2. The lowest BCUT2D eigenvalue weighted by atomic mass is 10.1. The molecule has 0 aromatic heterocycles. The van der Waals surface area contributed by atoms with Crippen LogP contribution in [0.3, 0.4) is 0 Å². The van der Waals surface area contributed by atoms with Crippen molar-refractivity contribution in [3.63, 3.8) is 0 Å². The van der Waals surface area contributed by atoms with E-state index in [0.29, 0.717) is 29.2 Å². The van der Waals surface area contributed by atoms with E-state index in [4.69, 9.17) is 17.0 Å². The summed E-state index contributed by atoms with van der Waals surface area (Å²) in [6, 6.07) is 12.5. The third-order valence-corrected chi connectivity index (χ3v) is 6.15. The van der Waals surface area contributed by atoms with Crippen LogP contribution < -0.4 is 15.4 Å². The maximum absolute atomic E-state index is 12.8. The standard InChI is InChI=1S/C25H30BrN3O3S/c1-2-3-16-32-22-13-10-19(26)17-21(22)23(30)28-25(33)27-20-11-8-18(9-12-20)24(31)29-14-6-4-5-7-15-29/h8-13,17H,2-7,14-16H2,1H3,(H2,27,28,30,33). The highest BCUT2D eigenvalue weighted by Gasteiger charge is 2.18. The lowest BCUT2D eigenvalue weighted by Gasteiger charge is -2.20. The van der Waals surface area contributed by atoms with E-state index in [2.05, 4.69) is 33.5 Å². The van der Waals surface area contributed by atoms with Crippen molar-refractivity contribution in [2.75, 3.05) is 25.0 Å². The average molecular weight is 533 g/mol. The number of nitrogens with zero attached hydrogens (tertiary/aromatic N) is 1. The largest absolute Gasteiger partial charge is 0.493 e. The number of amides is 2. The number of unbranched alkanes of at least 4 members (excludes halogenated alkanes) is 1. The van der Waals surface area contributed by atoms with Crippen LogP contribution in [0.1, 0.15) is 66.2 Å². The quantitative estimate of drug-likeness (QED) is 0.350. The van der Waals surface area contributed by atoms with E-state index in [-0.39, 0.29) is 16.9 Å². The second kappa shape index (κ2) is 12.7. The van der Waals surface area contributed by atoms with Gasteiger partial charge in [0.15, 0.2) is 5.11 Å². The smallest absolute Gasteiger partial charge is 0.261 e. The molecule has 33 heavy (non-hydrogen) atoms. The molecule has 0 spiro atoms. The first kappa shape index (κ1) is 25.2. The molecule has 3 rings (SSSR count). The normalized spacial score (nSPS) is 13.7. The molecular formula is C25H30BrN3O3S. The number of rotatable bonds is 7. The average Bonchev–Trinajstić information content (AvgIpc) is 3.10. The zero-order chi connectivity index (χ0) is 23.6. The molecule has 6 nitrogen and oxygen atoms in total. The topological polar surface area (TPSA) is 70.7 Å². The summed E-state index contributed by atoms with van der Waals surface area (Å²) in [4.78, 5) is 27.5. The maximum atomic E-state index is 12.8. The van der Waals surface area contributed by atoms with Crippen LogP contribution in [0.4, 0.5) is 5.69 Å². The van der Waals surface area contributed by atoms with Crippen molar-refractivity contribution in [3.05, 3.63) is 58.1 Å². The molecule has 0 unspecified atom stereocenters. The summed E-state index contributed by atoms with van der Waals surface area (Å²) < 4.78 is 6.54. The maximum Gasteiger partial charge on any atom is 0.261 e. The van der Waals surface area contributed by atoms with Gasteiger partial charge in [-0.15, -0.1) is 0 Å². The number of hydrogen-bond donors (Lipinski definition) is 2. The van der Waals surface area contributed by atoms with Crippen LogP contribution in [-0.2, 0) is 0 Å². The summed E-state index contributed by atoms with van der Waals surface area (Å²) in [7, 11) is 0. The van der Waals surface area contributed by atoms with E-state index in [0.717, 1.165) is 43.2 Å². The predicted octanol–water partition coefficient (Wildman–Crippen LogP) is 5.77. The number of likely N-dealkylation sites (tertiary alicyclic amines) is 1. The number of nitrogens with one attached hydrogen (secondary N) is 2. The highest BCUT2D eigenvalue weighted by molar-refractivity contribution is 9.10. The zero-order valence-electron chi connectivity index (χ0n) is 18.9. The fourth-order valence-corrected chi connectivity index (χ4v) is 4.19. The van der Waals surface area contributed by atoms with E-state index < -0.39 is 0 Å². The minimum atomic E-state index is -0.353. The van der Waals surface area contributed by atoms with Crippen molar-refractivity contribution >= 4 is 50.8 Å². The summed E-state index contributed by atoms with van der Waals surface area (Å²) in [5.74, 6) is 0.223. The first-order chi connectivity index (χ1) is 16.0. The SMILES string of the molecule is CCCCOc1ccc(Br)cc1C(=O)NC(=S)Nc1ccc(C(=O)N2CCCCCC2)cc1. The minimum Gasteiger partial charge on any atom is -0.493 e. The molecule has 0 radical (unpaired) electrons. The van der Waals surface area contributed by atoms with Gasteiger partial charge in [0.25, 0.3) is 11.8 Å². The number of carbonyl (C=O) groups is 2. The number of thiocarbonyl (C=S) groups is 1. The van der Waals surface area contributed by atoms with Gasteiger partial charge in [0.1, 0.15) is 5.75 Å². The van der Waals surface area contributed by atoms with E-state index in [1.807, 2.05) is 11.0 Å². The Labute approximate surface area is 209 Å². The molecular weight excluding hydrogens is 502 g/mol. The van der Waals surface area contributed by atoms with Gasteiger partial charge in [0.2, 0.25) is 0 Å². The fourth-order valence-electron chi connectivity index (χ4n) is 3.62. The van der Waals surface area contributed by atoms with Crippen LogP contribution in [0.25, 0.3) is 0 Å². The van der Waals surface area contributed by atoms with Crippen LogP contribution in [0.2, 0.25) is 0 Å². The van der Waals surface area contributed by atoms with Gasteiger partial charge in [-0.3, -0.25) is 14.9 Å². The van der Waals surface area contributed by atoms with E-state index >= 15 is 0 Å². The lowest BCUT2D eigenvalue weighted by molar-refractivity contribution is 0.0761. The number of benzene rings is 2. The third-order valence-electron chi connectivity index (χ3n) is 5.45. The number of ether oxygens (including phenoxy) is 1. The summed E-state index contributed by atoms with van der Waals surface area (Å²) in [5, 5.41) is 5.88. The second-order valence-electron chi connectivity index (χ2n) is 8.03. The highest BCUT2D eigenvalue weighted by atomic mass is 79.9. The molecule has 0 bridgehead atoms. The molecule has 1 saturated heterocycles. The molecule has 0 atom stereocenters. The van der Waals surface area contributed by atoms with Gasteiger partial charge >= 0.3 is 0 Å². The second-order valence-corrected chi connectivity index (χ2v) is 9.36. The van der Waals surface area contributed by atoms with Crippen molar-refractivity contribution in [2.45, 2.75) is 45.4 Å². The Morgan fingerprint density at radius 2 is 1.76 bits per heavy atom. The van der Waals surface area contributed by atoms with Gasteiger partial charge in [0, 0.05) is 28.8 Å². The predicted molar refractivity (Wildman–Crippen MR) is 139 cm³/mol. The van der Waals surface area contributed by atoms with Gasteiger partial charge in [-0.1, -0.05) is 42.1 Å². The Balaban J connectivity index is 1.59. The van der Waals surface area contributed by atoms with Gasteiger partial charge < -0.3 is 15.0 Å². The molecule has 1 aliphatic heterocycles. The Hall–Kier alpha value is -2.45. The summed E-state index contributed by atoms with van der Waals surface area (Å²) >= 11 is 8.73. The zero-order valence-corrected chi connectivity index (χ0v) is 21.3. The Kier molecular flexibility index (Phi) is 9.69. The number of anilines is 1. The van der Waals surface area contributed by atoms with Crippen LogP contribution >= 0.6 is 28.1 Å². The molecule has 2 aromatic carbocycles. The highest BCUT2D eigenvalue weighted by Crippen LogP contribution is 2.24. The molecule has 1 fully saturated rings. The van der Waals surface area contributed by atoms with Crippen LogP contribution in [0.5, 0.6) is 5.75 Å². The molecule has 1 heterocycles. The Morgan fingerprint density at radius 1 is 1.06 bits per heavy atom. The van der Waals surface area contributed by atoms with Crippen molar-refractivity contribution in [1.29, 1.82) is 0 Å². The molecule has 0 saturated carbocycles. The summed E-state index contributed by atoms with van der Waals surface area (Å²) in [6.45, 7) is 4.26. The van der Waals surface area contributed by atoms with Crippen molar-refractivity contribution in [2.24, 2.45) is 0 Å². The van der Waals surface area contributed by atoms with Crippen molar-refractivity contribution in [3.8, 4) is 5.75 Å². The molecule has 1 aliphatic rings. The Morgan fingerprint density at radius 3 is 2.42 bits per heavy atom. The van der Waals surface area contributed by atoms with Gasteiger partial charge in [0.05, 0.1) is 12.2 Å².